The third-order valence-electron chi connectivity index (χ3n) is 2.94. The molecule has 4 heteroatoms. The minimum Gasteiger partial charge on any atom is -0.422 e. The molecule has 0 unspecified atom stereocenters. The standard InChI is InChI=1S/C10H14O4/c1-9(2)7(11)13-10(14-8(9)12)5-3-4-6-10/h3-6H2,1-2H3. The summed E-state index contributed by atoms with van der Waals surface area (Å²) in [4.78, 5) is 23.1. The lowest BCUT2D eigenvalue weighted by molar-refractivity contribution is -0.257. The summed E-state index contributed by atoms with van der Waals surface area (Å²) in [6.45, 7) is 3.05. The summed E-state index contributed by atoms with van der Waals surface area (Å²) in [5, 5.41) is 0. The molecule has 0 atom stereocenters. The second-order valence-corrected chi connectivity index (χ2v) is 4.52. The van der Waals surface area contributed by atoms with Gasteiger partial charge in [-0.3, -0.25) is 9.59 Å². The third-order valence-corrected chi connectivity index (χ3v) is 2.94. The molecule has 0 N–H and O–H groups in total. The van der Waals surface area contributed by atoms with Crippen molar-refractivity contribution in [1.29, 1.82) is 0 Å². The number of carbonyl (C=O) groups is 2. The van der Waals surface area contributed by atoms with Crippen LogP contribution in [0.25, 0.3) is 0 Å². The first kappa shape index (κ1) is 9.49. The Bertz CT molecular complexity index is 264. The maximum Gasteiger partial charge on any atom is 0.326 e. The van der Waals surface area contributed by atoms with Crippen LogP contribution in [0.5, 0.6) is 0 Å². The molecule has 78 valence electrons. The molecule has 4 nitrogen and oxygen atoms in total. The van der Waals surface area contributed by atoms with E-state index in [-0.39, 0.29) is 0 Å². The minimum atomic E-state index is -1.14. The number of ether oxygens (including phenoxy) is 2. The normalized spacial score (nSPS) is 28.7. The molecule has 2 aliphatic rings. The van der Waals surface area contributed by atoms with Gasteiger partial charge in [0, 0.05) is 12.8 Å². The van der Waals surface area contributed by atoms with Gasteiger partial charge < -0.3 is 9.47 Å². The molecular weight excluding hydrogens is 184 g/mol. The first-order valence-corrected chi connectivity index (χ1v) is 4.93. The predicted octanol–water partition coefficient (Wildman–Crippen LogP) is 1.38. The van der Waals surface area contributed by atoms with E-state index in [1.807, 2.05) is 0 Å². The van der Waals surface area contributed by atoms with Crippen molar-refractivity contribution in [2.45, 2.75) is 45.3 Å². The monoisotopic (exact) mass is 198 g/mol. The van der Waals surface area contributed by atoms with Crippen molar-refractivity contribution in [1.82, 2.24) is 0 Å². The summed E-state index contributed by atoms with van der Waals surface area (Å²) in [7, 11) is 0. The van der Waals surface area contributed by atoms with Crippen molar-refractivity contribution in [2.24, 2.45) is 5.41 Å². The number of carbonyl (C=O) groups excluding carboxylic acids is 2. The van der Waals surface area contributed by atoms with Crippen molar-refractivity contribution in [3.8, 4) is 0 Å². The van der Waals surface area contributed by atoms with Crippen LogP contribution in [0.1, 0.15) is 39.5 Å². The van der Waals surface area contributed by atoms with E-state index in [4.69, 9.17) is 9.47 Å². The molecule has 1 aliphatic heterocycles. The molecule has 0 aromatic rings. The van der Waals surface area contributed by atoms with Crippen molar-refractivity contribution in [3.05, 3.63) is 0 Å². The van der Waals surface area contributed by atoms with Crippen molar-refractivity contribution >= 4 is 11.9 Å². The Morgan fingerprint density at radius 1 is 1.00 bits per heavy atom. The minimum absolute atomic E-state index is 0.462. The van der Waals surface area contributed by atoms with Crippen LogP contribution < -0.4 is 0 Å². The molecule has 0 bridgehead atoms. The average Bonchev–Trinajstić information content (AvgIpc) is 2.50. The van der Waals surface area contributed by atoms with E-state index in [0.717, 1.165) is 12.8 Å². The van der Waals surface area contributed by atoms with Gasteiger partial charge >= 0.3 is 11.9 Å². The molecule has 0 aromatic carbocycles. The van der Waals surface area contributed by atoms with Crippen molar-refractivity contribution in [3.63, 3.8) is 0 Å². The first-order chi connectivity index (χ1) is 6.46. The fraction of sp³-hybridized carbons (Fsp3) is 0.800. The number of hydrogen-bond acceptors (Lipinski definition) is 4. The number of rotatable bonds is 0. The van der Waals surface area contributed by atoms with Crippen molar-refractivity contribution < 1.29 is 19.1 Å². The zero-order valence-corrected chi connectivity index (χ0v) is 8.46. The summed E-state index contributed by atoms with van der Waals surface area (Å²) in [5.41, 5.74) is -1.14. The largest absolute Gasteiger partial charge is 0.422 e. The zero-order chi connectivity index (χ0) is 10.4. The van der Waals surface area contributed by atoms with Gasteiger partial charge in [-0.05, 0) is 26.7 Å². The smallest absolute Gasteiger partial charge is 0.326 e. The molecule has 14 heavy (non-hydrogen) atoms. The molecule has 1 heterocycles. The van der Waals surface area contributed by atoms with Crippen LogP contribution in [0.15, 0.2) is 0 Å². The molecular formula is C10H14O4. The van der Waals surface area contributed by atoms with E-state index in [9.17, 15) is 9.59 Å². The van der Waals surface area contributed by atoms with E-state index in [2.05, 4.69) is 0 Å². The molecule has 0 aromatic heterocycles. The zero-order valence-electron chi connectivity index (χ0n) is 8.46. The Hall–Kier alpha value is -1.06. The van der Waals surface area contributed by atoms with Gasteiger partial charge in [0.05, 0.1) is 0 Å². The highest BCUT2D eigenvalue weighted by Gasteiger charge is 2.54. The molecule has 0 radical (unpaired) electrons. The highest BCUT2D eigenvalue weighted by molar-refractivity contribution is 6.00. The quantitative estimate of drug-likeness (QED) is 0.436. The van der Waals surface area contributed by atoms with Gasteiger partial charge in [0.15, 0.2) is 5.41 Å². The van der Waals surface area contributed by atoms with Gasteiger partial charge in [-0.1, -0.05) is 0 Å². The Labute approximate surface area is 82.6 Å². The summed E-state index contributed by atoms with van der Waals surface area (Å²) in [6, 6.07) is 0. The van der Waals surface area contributed by atoms with Gasteiger partial charge in [0.1, 0.15) is 0 Å². The van der Waals surface area contributed by atoms with Gasteiger partial charge in [-0.15, -0.1) is 0 Å². The molecule has 2 fully saturated rings. The van der Waals surface area contributed by atoms with Crippen molar-refractivity contribution in [2.75, 3.05) is 0 Å². The second-order valence-electron chi connectivity index (χ2n) is 4.52. The van der Waals surface area contributed by atoms with Crippen LogP contribution in [-0.4, -0.2) is 17.7 Å². The van der Waals surface area contributed by atoms with E-state index in [1.54, 1.807) is 0 Å². The van der Waals surface area contributed by atoms with Crippen LogP contribution in [0.4, 0.5) is 0 Å². The number of esters is 2. The third kappa shape index (κ3) is 1.21. The topological polar surface area (TPSA) is 52.6 Å². The molecule has 1 saturated carbocycles. The fourth-order valence-electron chi connectivity index (χ4n) is 1.81. The second kappa shape index (κ2) is 2.72. The lowest BCUT2D eigenvalue weighted by atomic mass is 9.92. The van der Waals surface area contributed by atoms with Gasteiger partial charge in [-0.2, -0.15) is 0 Å². The fourth-order valence-corrected chi connectivity index (χ4v) is 1.81. The summed E-state index contributed by atoms with van der Waals surface area (Å²) in [6.07, 6.45) is 3.17. The number of hydrogen-bond donors (Lipinski definition) is 0. The van der Waals surface area contributed by atoms with Crippen LogP contribution in [0.3, 0.4) is 0 Å². The SMILES string of the molecule is CC1(C)C(=O)OC2(CCCC2)OC1=O. The Kier molecular flexibility index (Phi) is 1.84. The highest BCUT2D eigenvalue weighted by Crippen LogP contribution is 2.41. The van der Waals surface area contributed by atoms with Crippen LogP contribution in [0.2, 0.25) is 0 Å². The lowest BCUT2D eigenvalue weighted by Gasteiger charge is -2.38. The maximum absolute atomic E-state index is 11.6. The van der Waals surface area contributed by atoms with Crippen LogP contribution >= 0.6 is 0 Å². The van der Waals surface area contributed by atoms with E-state index in [1.165, 1.54) is 13.8 Å². The summed E-state index contributed by atoms with van der Waals surface area (Å²) >= 11 is 0. The molecule has 0 amide bonds. The molecule has 1 spiro atoms. The van der Waals surface area contributed by atoms with Gasteiger partial charge in [-0.25, -0.2) is 0 Å². The first-order valence-electron chi connectivity index (χ1n) is 4.93. The molecule has 2 rings (SSSR count). The van der Waals surface area contributed by atoms with Gasteiger partial charge in [0.25, 0.3) is 5.79 Å². The van der Waals surface area contributed by atoms with E-state index in [0.29, 0.717) is 12.8 Å². The highest BCUT2D eigenvalue weighted by atomic mass is 16.7. The van der Waals surface area contributed by atoms with E-state index < -0.39 is 23.1 Å². The van der Waals surface area contributed by atoms with Crippen LogP contribution in [0, 0.1) is 5.41 Å². The van der Waals surface area contributed by atoms with Gasteiger partial charge in [0.2, 0.25) is 0 Å². The van der Waals surface area contributed by atoms with Crippen LogP contribution in [-0.2, 0) is 19.1 Å². The summed E-state index contributed by atoms with van der Waals surface area (Å²) in [5.74, 6) is -1.85. The molecule has 1 aliphatic carbocycles. The molecule has 1 saturated heterocycles. The lowest BCUT2D eigenvalue weighted by Crippen LogP contribution is -2.52. The predicted molar refractivity (Wildman–Crippen MR) is 47.2 cm³/mol. The Morgan fingerprint density at radius 2 is 1.43 bits per heavy atom. The maximum atomic E-state index is 11.6. The average molecular weight is 198 g/mol. The summed E-state index contributed by atoms with van der Waals surface area (Å²) < 4.78 is 10.5. The Morgan fingerprint density at radius 3 is 1.86 bits per heavy atom. The van der Waals surface area contributed by atoms with E-state index >= 15 is 0 Å². The Balaban J connectivity index is 2.23.